The van der Waals surface area contributed by atoms with Gasteiger partial charge in [-0.3, -0.25) is 4.79 Å². The predicted octanol–water partition coefficient (Wildman–Crippen LogP) is 2.85. The van der Waals surface area contributed by atoms with Crippen molar-refractivity contribution in [2.45, 2.75) is 13.8 Å². The average molecular weight is 309 g/mol. The highest BCUT2D eigenvalue weighted by Gasteiger charge is 2.22. The van der Waals surface area contributed by atoms with Gasteiger partial charge >= 0.3 is 0 Å². The first kappa shape index (κ1) is 15.4. The maximum atomic E-state index is 12.5. The fourth-order valence-corrected chi connectivity index (χ4v) is 2.87. The van der Waals surface area contributed by atoms with Crippen LogP contribution in [0.4, 0.5) is 11.4 Å². The van der Waals surface area contributed by atoms with Crippen molar-refractivity contribution in [3.8, 4) is 0 Å². The molecule has 1 aliphatic rings. The van der Waals surface area contributed by atoms with Crippen LogP contribution in [0, 0.1) is 13.8 Å². The maximum Gasteiger partial charge on any atom is 0.253 e. The van der Waals surface area contributed by atoms with Gasteiger partial charge in [0, 0.05) is 43.1 Å². The topological polar surface area (TPSA) is 49.6 Å². The molecular weight excluding hydrogens is 286 g/mol. The van der Waals surface area contributed by atoms with Crippen molar-refractivity contribution in [1.29, 1.82) is 0 Å². The van der Waals surface area contributed by atoms with E-state index in [1.54, 1.807) is 0 Å². The van der Waals surface area contributed by atoms with Crippen molar-refractivity contribution in [2.24, 2.45) is 0 Å². The minimum atomic E-state index is 0.119. The second-order valence-electron chi connectivity index (χ2n) is 6.19. The highest BCUT2D eigenvalue weighted by Crippen LogP contribution is 2.22. The van der Waals surface area contributed by atoms with Gasteiger partial charge in [-0.25, -0.2) is 0 Å². The van der Waals surface area contributed by atoms with E-state index in [4.69, 9.17) is 5.73 Å². The molecule has 4 nitrogen and oxygen atoms in total. The molecule has 2 aromatic rings. The van der Waals surface area contributed by atoms with E-state index < -0.39 is 0 Å². The number of nitrogen functional groups attached to an aromatic ring is 1. The maximum absolute atomic E-state index is 12.5. The Kier molecular flexibility index (Phi) is 4.24. The summed E-state index contributed by atoms with van der Waals surface area (Å²) in [6.45, 7) is 7.18. The molecule has 1 aliphatic heterocycles. The molecule has 0 radical (unpaired) electrons. The summed E-state index contributed by atoms with van der Waals surface area (Å²) in [6.07, 6.45) is 0. The Morgan fingerprint density at radius 3 is 2.22 bits per heavy atom. The number of hydrogen-bond donors (Lipinski definition) is 1. The van der Waals surface area contributed by atoms with Crippen LogP contribution in [0.1, 0.15) is 21.5 Å². The Morgan fingerprint density at radius 1 is 0.957 bits per heavy atom. The van der Waals surface area contributed by atoms with Crippen LogP contribution in [-0.4, -0.2) is 37.0 Å². The van der Waals surface area contributed by atoms with E-state index in [0.29, 0.717) is 0 Å². The van der Waals surface area contributed by atoms with Gasteiger partial charge in [0.2, 0.25) is 0 Å². The fourth-order valence-electron chi connectivity index (χ4n) is 2.87. The van der Waals surface area contributed by atoms with E-state index in [1.165, 1.54) is 5.56 Å². The van der Waals surface area contributed by atoms with Gasteiger partial charge in [-0.05, 0) is 43.7 Å². The molecule has 120 valence electrons. The van der Waals surface area contributed by atoms with E-state index in [9.17, 15) is 4.79 Å². The standard InChI is InChI=1S/C19H23N3O/c1-14-3-6-16(7-4-14)19(23)22-11-9-21(10-12-22)17-8-5-15(2)18(20)13-17/h3-8,13H,9-12,20H2,1-2H3. The molecule has 1 saturated heterocycles. The molecule has 2 aromatic carbocycles. The minimum absolute atomic E-state index is 0.119. The highest BCUT2D eigenvalue weighted by molar-refractivity contribution is 5.94. The molecule has 0 aromatic heterocycles. The molecule has 0 spiro atoms. The number of nitrogens with two attached hydrogens (primary N) is 1. The van der Waals surface area contributed by atoms with Gasteiger partial charge in [-0.1, -0.05) is 23.8 Å². The number of piperazine rings is 1. The van der Waals surface area contributed by atoms with Gasteiger partial charge in [0.1, 0.15) is 0 Å². The zero-order valence-electron chi connectivity index (χ0n) is 13.7. The number of amides is 1. The lowest BCUT2D eigenvalue weighted by molar-refractivity contribution is 0.0747. The third-order valence-corrected chi connectivity index (χ3v) is 4.49. The first-order chi connectivity index (χ1) is 11.0. The van der Waals surface area contributed by atoms with Crippen LogP contribution in [0.15, 0.2) is 42.5 Å². The molecule has 1 fully saturated rings. The number of aryl methyl sites for hydroxylation is 2. The van der Waals surface area contributed by atoms with Crippen molar-refractivity contribution in [2.75, 3.05) is 36.8 Å². The van der Waals surface area contributed by atoms with E-state index in [2.05, 4.69) is 17.0 Å². The van der Waals surface area contributed by atoms with Crippen molar-refractivity contribution < 1.29 is 4.79 Å². The second kappa shape index (κ2) is 6.32. The summed E-state index contributed by atoms with van der Waals surface area (Å²) < 4.78 is 0. The summed E-state index contributed by atoms with van der Waals surface area (Å²) in [5.41, 5.74) is 11.0. The van der Waals surface area contributed by atoms with Crippen LogP contribution in [0.3, 0.4) is 0 Å². The molecule has 0 bridgehead atoms. The molecule has 2 N–H and O–H groups in total. The molecule has 0 unspecified atom stereocenters. The average Bonchev–Trinajstić information content (AvgIpc) is 2.57. The smallest absolute Gasteiger partial charge is 0.253 e. The Morgan fingerprint density at radius 2 is 1.61 bits per heavy atom. The number of nitrogens with zero attached hydrogens (tertiary/aromatic N) is 2. The number of anilines is 2. The van der Waals surface area contributed by atoms with Crippen molar-refractivity contribution >= 4 is 17.3 Å². The Labute approximate surface area is 137 Å². The van der Waals surface area contributed by atoms with E-state index >= 15 is 0 Å². The van der Waals surface area contributed by atoms with Crippen molar-refractivity contribution in [3.63, 3.8) is 0 Å². The number of rotatable bonds is 2. The van der Waals surface area contributed by atoms with Gasteiger partial charge < -0.3 is 15.5 Å². The molecule has 1 amide bonds. The molecular formula is C19H23N3O. The summed E-state index contributed by atoms with van der Waals surface area (Å²) in [5, 5.41) is 0. The van der Waals surface area contributed by atoms with Crippen molar-refractivity contribution in [3.05, 3.63) is 59.2 Å². The van der Waals surface area contributed by atoms with Crippen LogP contribution in [0.5, 0.6) is 0 Å². The Balaban J connectivity index is 1.64. The number of carbonyl (C=O) groups is 1. The first-order valence-electron chi connectivity index (χ1n) is 8.01. The number of carbonyl (C=O) groups excluding carboxylic acids is 1. The molecule has 0 aliphatic carbocycles. The SMILES string of the molecule is Cc1ccc(C(=O)N2CCN(c3ccc(C)c(N)c3)CC2)cc1. The monoisotopic (exact) mass is 309 g/mol. The van der Waals surface area contributed by atoms with Gasteiger partial charge in [0.05, 0.1) is 0 Å². The molecule has 4 heteroatoms. The summed E-state index contributed by atoms with van der Waals surface area (Å²) in [7, 11) is 0. The van der Waals surface area contributed by atoms with Gasteiger partial charge in [0.15, 0.2) is 0 Å². The van der Waals surface area contributed by atoms with E-state index in [1.807, 2.05) is 49.1 Å². The first-order valence-corrected chi connectivity index (χ1v) is 8.01. The Bertz CT molecular complexity index is 701. The normalized spacial score (nSPS) is 14.9. The summed E-state index contributed by atoms with van der Waals surface area (Å²) >= 11 is 0. The molecule has 0 saturated carbocycles. The van der Waals surface area contributed by atoms with Crippen LogP contribution >= 0.6 is 0 Å². The lowest BCUT2D eigenvalue weighted by Gasteiger charge is -2.36. The van der Waals surface area contributed by atoms with E-state index in [0.717, 1.165) is 48.7 Å². The second-order valence-corrected chi connectivity index (χ2v) is 6.19. The highest BCUT2D eigenvalue weighted by atomic mass is 16.2. The van der Waals surface area contributed by atoms with Crippen LogP contribution in [0.2, 0.25) is 0 Å². The minimum Gasteiger partial charge on any atom is -0.398 e. The zero-order valence-corrected chi connectivity index (χ0v) is 13.7. The predicted molar refractivity (Wildman–Crippen MR) is 94.9 cm³/mol. The third kappa shape index (κ3) is 3.31. The van der Waals surface area contributed by atoms with Crippen LogP contribution < -0.4 is 10.6 Å². The van der Waals surface area contributed by atoms with Crippen LogP contribution in [0.25, 0.3) is 0 Å². The van der Waals surface area contributed by atoms with Crippen molar-refractivity contribution in [1.82, 2.24) is 4.90 Å². The summed E-state index contributed by atoms with van der Waals surface area (Å²) in [5.74, 6) is 0.119. The number of hydrogen-bond acceptors (Lipinski definition) is 3. The van der Waals surface area contributed by atoms with Crippen LogP contribution in [-0.2, 0) is 0 Å². The molecule has 23 heavy (non-hydrogen) atoms. The Hall–Kier alpha value is -2.49. The lowest BCUT2D eigenvalue weighted by atomic mass is 10.1. The third-order valence-electron chi connectivity index (χ3n) is 4.49. The molecule has 1 heterocycles. The van der Waals surface area contributed by atoms with Gasteiger partial charge in [-0.15, -0.1) is 0 Å². The molecule has 3 rings (SSSR count). The van der Waals surface area contributed by atoms with Gasteiger partial charge in [0.25, 0.3) is 5.91 Å². The quantitative estimate of drug-likeness (QED) is 0.868. The summed E-state index contributed by atoms with van der Waals surface area (Å²) in [6, 6.07) is 14.0. The van der Waals surface area contributed by atoms with E-state index in [-0.39, 0.29) is 5.91 Å². The largest absolute Gasteiger partial charge is 0.398 e. The molecule has 0 atom stereocenters. The summed E-state index contributed by atoms with van der Waals surface area (Å²) in [4.78, 5) is 16.8. The zero-order chi connectivity index (χ0) is 16.4. The lowest BCUT2D eigenvalue weighted by Crippen LogP contribution is -2.48. The fraction of sp³-hybridized carbons (Fsp3) is 0.316. The number of benzene rings is 2. The van der Waals surface area contributed by atoms with Gasteiger partial charge in [-0.2, -0.15) is 0 Å².